The summed E-state index contributed by atoms with van der Waals surface area (Å²) < 4.78 is 0. The molecule has 20 heavy (non-hydrogen) atoms. The number of thiophene rings is 1. The Balaban J connectivity index is 0.00000200. The standard InChI is InChI=1S/C13H17N3OS2.ClH/c1-8-4-5-10(18-8)12-9(2)19-13(16-12)15-11(17)6-7-14-3;/h4-5,14H,6-7H2,1-3H3,(H,15,16,17);1H. The number of thiazole rings is 1. The van der Waals surface area contributed by atoms with Gasteiger partial charge in [-0.05, 0) is 33.0 Å². The van der Waals surface area contributed by atoms with Crippen LogP contribution in [0.15, 0.2) is 12.1 Å². The molecule has 0 unspecified atom stereocenters. The molecular weight excluding hydrogens is 314 g/mol. The maximum atomic E-state index is 11.7. The molecule has 7 heteroatoms. The number of halogens is 1. The highest BCUT2D eigenvalue weighted by Crippen LogP contribution is 2.34. The van der Waals surface area contributed by atoms with Crippen molar-refractivity contribution in [3.63, 3.8) is 0 Å². The first-order chi connectivity index (χ1) is 9.10. The highest BCUT2D eigenvalue weighted by molar-refractivity contribution is 7.18. The molecule has 2 aromatic heterocycles. The van der Waals surface area contributed by atoms with Crippen LogP contribution in [0, 0.1) is 13.8 Å². The second kappa shape index (κ2) is 7.73. The molecule has 0 fully saturated rings. The van der Waals surface area contributed by atoms with E-state index in [1.54, 1.807) is 11.3 Å². The van der Waals surface area contributed by atoms with E-state index in [0.29, 0.717) is 18.1 Å². The van der Waals surface area contributed by atoms with Crippen molar-refractivity contribution in [2.45, 2.75) is 20.3 Å². The zero-order valence-corrected chi connectivity index (χ0v) is 14.1. The molecule has 0 aliphatic heterocycles. The van der Waals surface area contributed by atoms with Gasteiger partial charge in [0, 0.05) is 22.7 Å². The molecule has 0 atom stereocenters. The number of nitrogens with zero attached hydrogens (tertiary/aromatic N) is 1. The summed E-state index contributed by atoms with van der Waals surface area (Å²) in [7, 11) is 1.83. The lowest BCUT2D eigenvalue weighted by molar-refractivity contribution is -0.116. The van der Waals surface area contributed by atoms with Gasteiger partial charge in [-0.2, -0.15) is 0 Å². The van der Waals surface area contributed by atoms with E-state index in [9.17, 15) is 4.79 Å². The lowest BCUT2D eigenvalue weighted by Gasteiger charge is -2.00. The lowest BCUT2D eigenvalue weighted by atomic mass is 10.3. The number of amides is 1. The van der Waals surface area contributed by atoms with Gasteiger partial charge in [0.2, 0.25) is 5.91 Å². The summed E-state index contributed by atoms with van der Waals surface area (Å²) in [4.78, 5) is 19.7. The van der Waals surface area contributed by atoms with E-state index < -0.39 is 0 Å². The predicted octanol–water partition coefficient (Wildman–Crippen LogP) is 3.46. The van der Waals surface area contributed by atoms with Gasteiger partial charge in [0.15, 0.2) is 5.13 Å². The molecule has 0 bridgehead atoms. The summed E-state index contributed by atoms with van der Waals surface area (Å²) in [5.41, 5.74) is 0.979. The molecule has 2 heterocycles. The minimum absolute atomic E-state index is 0. The normalized spacial score (nSPS) is 10.2. The van der Waals surface area contributed by atoms with Crippen LogP contribution in [0.2, 0.25) is 0 Å². The topological polar surface area (TPSA) is 54.0 Å². The van der Waals surface area contributed by atoms with Crippen molar-refractivity contribution in [3.8, 4) is 10.6 Å². The van der Waals surface area contributed by atoms with Crippen LogP contribution in [0.25, 0.3) is 10.6 Å². The molecule has 0 aromatic carbocycles. The van der Waals surface area contributed by atoms with E-state index in [-0.39, 0.29) is 18.3 Å². The van der Waals surface area contributed by atoms with Crippen molar-refractivity contribution in [2.24, 2.45) is 0 Å². The SMILES string of the molecule is CNCCC(=O)Nc1nc(-c2ccc(C)s2)c(C)s1.Cl. The summed E-state index contributed by atoms with van der Waals surface area (Å²) in [5, 5.41) is 6.48. The summed E-state index contributed by atoms with van der Waals surface area (Å²) >= 11 is 3.25. The average Bonchev–Trinajstić information content (AvgIpc) is 2.93. The predicted molar refractivity (Wildman–Crippen MR) is 89.3 cm³/mol. The smallest absolute Gasteiger partial charge is 0.227 e. The molecule has 2 N–H and O–H groups in total. The average molecular weight is 332 g/mol. The Kier molecular flexibility index (Phi) is 6.61. The minimum atomic E-state index is -0.00277. The fourth-order valence-electron chi connectivity index (χ4n) is 1.66. The lowest BCUT2D eigenvalue weighted by Crippen LogP contribution is -2.18. The largest absolute Gasteiger partial charge is 0.319 e. The van der Waals surface area contributed by atoms with Crippen LogP contribution in [0.3, 0.4) is 0 Å². The molecule has 0 aliphatic carbocycles. The Labute approximate surface area is 133 Å². The number of carbonyl (C=O) groups excluding carboxylic acids is 1. The monoisotopic (exact) mass is 331 g/mol. The van der Waals surface area contributed by atoms with Crippen molar-refractivity contribution in [1.29, 1.82) is 0 Å². The summed E-state index contributed by atoms with van der Waals surface area (Å²) in [6, 6.07) is 4.17. The summed E-state index contributed by atoms with van der Waals surface area (Å²) in [5.74, 6) is -0.00277. The zero-order valence-electron chi connectivity index (χ0n) is 11.6. The first-order valence-electron chi connectivity index (χ1n) is 6.09. The van der Waals surface area contributed by atoms with Crippen molar-refractivity contribution in [2.75, 3.05) is 18.9 Å². The van der Waals surface area contributed by atoms with Gasteiger partial charge in [-0.3, -0.25) is 4.79 Å². The van der Waals surface area contributed by atoms with Gasteiger partial charge in [0.1, 0.15) is 0 Å². The molecule has 2 aromatic rings. The third-order valence-electron chi connectivity index (χ3n) is 2.62. The summed E-state index contributed by atoms with van der Waals surface area (Å²) in [6.07, 6.45) is 0.461. The highest BCUT2D eigenvalue weighted by Gasteiger charge is 2.13. The van der Waals surface area contributed by atoms with E-state index in [0.717, 1.165) is 15.4 Å². The van der Waals surface area contributed by atoms with Gasteiger partial charge in [0.25, 0.3) is 0 Å². The third-order valence-corrected chi connectivity index (χ3v) is 4.51. The maximum Gasteiger partial charge on any atom is 0.227 e. The number of hydrogen-bond donors (Lipinski definition) is 2. The van der Waals surface area contributed by atoms with Crippen LogP contribution in [0.1, 0.15) is 16.2 Å². The van der Waals surface area contributed by atoms with E-state index in [1.165, 1.54) is 16.2 Å². The number of hydrogen-bond acceptors (Lipinski definition) is 5. The van der Waals surface area contributed by atoms with E-state index in [4.69, 9.17) is 0 Å². The molecule has 4 nitrogen and oxygen atoms in total. The fraction of sp³-hybridized carbons (Fsp3) is 0.385. The van der Waals surface area contributed by atoms with Crippen molar-refractivity contribution in [3.05, 3.63) is 21.9 Å². The van der Waals surface area contributed by atoms with E-state index in [1.807, 2.05) is 14.0 Å². The number of aryl methyl sites for hydroxylation is 2. The number of rotatable bonds is 5. The third kappa shape index (κ3) is 4.28. The van der Waals surface area contributed by atoms with Crippen LogP contribution in [0.4, 0.5) is 5.13 Å². The number of aromatic nitrogens is 1. The molecule has 0 aliphatic rings. The van der Waals surface area contributed by atoms with Gasteiger partial charge in [-0.15, -0.1) is 35.1 Å². The molecule has 110 valence electrons. The van der Waals surface area contributed by atoms with Crippen LogP contribution in [0.5, 0.6) is 0 Å². The highest BCUT2D eigenvalue weighted by atomic mass is 35.5. The molecular formula is C13H18ClN3OS2. The number of carbonyl (C=O) groups is 1. The van der Waals surface area contributed by atoms with Gasteiger partial charge >= 0.3 is 0 Å². The Morgan fingerprint density at radius 1 is 1.30 bits per heavy atom. The van der Waals surface area contributed by atoms with Crippen LogP contribution in [-0.4, -0.2) is 24.5 Å². The fourth-order valence-corrected chi connectivity index (χ4v) is 3.48. The molecule has 0 spiro atoms. The number of anilines is 1. The molecule has 1 amide bonds. The zero-order chi connectivity index (χ0) is 13.8. The minimum Gasteiger partial charge on any atom is -0.319 e. The van der Waals surface area contributed by atoms with Crippen LogP contribution >= 0.6 is 35.1 Å². The molecule has 0 saturated heterocycles. The Morgan fingerprint density at radius 2 is 2.05 bits per heavy atom. The van der Waals surface area contributed by atoms with Crippen molar-refractivity contribution >= 4 is 46.1 Å². The second-order valence-corrected chi connectivity index (χ2v) is 6.73. The quantitative estimate of drug-likeness (QED) is 0.882. The Bertz CT molecular complexity index is 580. The molecule has 0 saturated carbocycles. The van der Waals surface area contributed by atoms with Gasteiger partial charge in [-0.25, -0.2) is 4.98 Å². The molecule has 2 rings (SSSR count). The van der Waals surface area contributed by atoms with E-state index in [2.05, 4.69) is 34.7 Å². The first-order valence-corrected chi connectivity index (χ1v) is 7.72. The van der Waals surface area contributed by atoms with Crippen molar-refractivity contribution in [1.82, 2.24) is 10.3 Å². The van der Waals surface area contributed by atoms with Crippen molar-refractivity contribution < 1.29 is 4.79 Å². The van der Waals surface area contributed by atoms with Gasteiger partial charge in [0.05, 0.1) is 10.6 Å². The van der Waals surface area contributed by atoms with Crippen LogP contribution < -0.4 is 10.6 Å². The second-order valence-electron chi connectivity index (χ2n) is 4.24. The van der Waals surface area contributed by atoms with E-state index >= 15 is 0 Å². The van der Waals surface area contributed by atoms with Gasteiger partial charge in [-0.1, -0.05) is 0 Å². The maximum absolute atomic E-state index is 11.7. The Morgan fingerprint density at radius 3 is 2.65 bits per heavy atom. The summed E-state index contributed by atoms with van der Waals surface area (Å²) in [6.45, 7) is 4.79. The Hall–Kier alpha value is -0.950. The number of nitrogens with one attached hydrogen (secondary N) is 2. The van der Waals surface area contributed by atoms with Gasteiger partial charge < -0.3 is 10.6 Å². The molecule has 0 radical (unpaired) electrons. The van der Waals surface area contributed by atoms with Crippen LogP contribution in [-0.2, 0) is 4.79 Å². The first kappa shape index (κ1) is 17.1.